The van der Waals surface area contributed by atoms with Crippen LogP contribution in [0.4, 0.5) is 0 Å². The quantitative estimate of drug-likeness (QED) is 0.841. The van der Waals surface area contributed by atoms with Crippen molar-refractivity contribution in [3.8, 4) is 0 Å². The number of hydrogen-bond donors (Lipinski definition) is 1. The summed E-state index contributed by atoms with van der Waals surface area (Å²) < 4.78 is 10.3. The Morgan fingerprint density at radius 3 is 2.43 bits per heavy atom. The molecular weight excluding hydrogens is 272 g/mol. The summed E-state index contributed by atoms with van der Waals surface area (Å²) >= 11 is 0. The van der Waals surface area contributed by atoms with Crippen molar-refractivity contribution in [2.24, 2.45) is 0 Å². The van der Waals surface area contributed by atoms with Gasteiger partial charge in [-0.1, -0.05) is 5.16 Å². The summed E-state index contributed by atoms with van der Waals surface area (Å²) in [5.74, 6) is 0.0852. The van der Waals surface area contributed by atoms with Crippen LogP contribution in [0, 0.1) is 13.8 Å². The van der Waals surface area contributed by atoms with E-state index in [9.17, 15) is 9.59 Å². The van der Waals surface area contributed by atoms with Crippen LogP contribution < -0.4 is 5.32 Å². The van der Waals surface area contributed by atoms with Crippen molar-refractivity contribution < 1.29 is 18.8 Å². The Morgan fingerprint density at radius 1 is 1.33 bits per heavy atom. The summed E-state index contributed by atoms with van der Waals surface area (Å²) in [5, 5.41) is 6.48. The van der Waals surface area contributed by atoms with E-state index in [1.165, 1.54) is 0 Å². The zero-order valence-electron chi connectivity index (χ0n) is 13.6. The lowest BCUT2D eigenvalue weighted by molar-refractivity contribution is -0.158. The molecule has 1 aromatic rings. The molecule has 0 aliphatic heterocycles. The lowest BCUT2D eigenvalue weighted by Crippen LogP contribution is -2.42. The summed E-state index contributed by atoms with van der Waals surface area (Å²) in [6.07, 6.45) is 0.810. The van der Waals surface area contributed by atoms with Crippen LogP contribution in [-0.2, 0) is 20.7 Å². The van der Waals surface area contributed by atoms with Crippen molar-refractivity contribution in [3.63, 3.8) is 0 Å². The van der Waals surface area contributed by atoms with E-state index in [1.54, 1.807) is 27.7 Å². The van der Waals surface area contributed by atoms with E-state index in [0.717, 1.165) is 17.0 Å². The Kier molecular flexibility index (Phi) is 5.52. The minimum absolute atomic E-state index is 0.201. The molecule has 0 saturated carbocycles. The minimum Gasteiger partial charge on any atom is -0.458 e. The Balaban J connectivity index is 2.45. The van der Waals surface area contributed by atoms with Crippen LogP contribution in [-0.4, -0.2) is 28.7 Å². The Bertz CT molecular complexity index is 495. The van der Waals surface area contributed by atoms with Gasteiger partial charge in [0.05, 0.1) is 5.69 Å². The van der Waals surface area contributed by atoms with Crippen LogP contribution >= 0.6 is 0 Å². The number of nitrogens with zero attached hydrogens (tertiary/aromatic N) is 1. The summed E-state index contributed by atoms with van der Waals surface area (Å²) in [6, 6.07) is -0.665. The molecule has 0 fully saturated rings. The molecule has 0 aliphatic rings. The zero-order chi connectivity index (χ0) is 16.2. The minimum atomic E-state index is -0.665. The molecule has 1 atom stereocenters. The zero-order valence-corrected chi connectivity index (χ0v) is 13.6. The number of amides is 1. The molecule has 0 bridgehead atoms. The van der Waals surface area contributed by atoms with E-state index in [4.69, 9.17) is 9.26 Å². The van der Waals surface area contributed by atoms with Crippen molar-refractivity contribution >= 4 is 11.9 Å². The van der Waals surface area contributed by atoms with Crippen molar-refractivity contribution in [2.75, 3.05) is 0 Å². The van der Waals surface area contributed by atoms with Gasteiger partial charge in [0, 0.05) is 12.0 Å². The van der Waals surface area contributed by atoms with E-state index in [2.05, 4.69) is 10.5 Å². The van der Waals surface area contributed by atoms with Gasteiger partial charge in [-0.2, -0.15) is 0 Å². The van der Waals surface area contributed by atoms with Gasteiger partial charge in [-0.05, 0) is 48.0 Å². The molecule has 0 spiro atoms. The van der Waals surface area contributed by atoms with Gasteiger partial charge in [-0.25, -0.2) is 4.79 Å². The standard InChI is InChI=1S/C15H24N2O4/c1-9-12(11(3)21-17-9)7-8-13(18)16-10(2)14(19)20-15(4,5)6/h10H,7-8H2,1-6H3,(H,16,18)/t10-/m1/s1. The first-order chi connectivity index (χ1) is 9.60. The van der Waals surface area contributed by atoms with Crippen LogP contribution in [0.25, 0.3) is 0 Å². The molecule has 1 rings (SSSR count). The molecule has 0 unspecified atom stereocenters. The maximum absolute atomic E-state index is 11.9. The molecule has 6 nitrogen and oxygen atoms in total. The number of nitrogens with one attached hydrogen (secondary N) is 1. The van der Waals surface area contributed by atoms with Crippen LogP contribution in [0.2, 0.25) is 0 Å². The van der Waals surface area contributed by atoms with Gasteiger partial charge in [0.2, 0.25) is 5.91 Å². The average Bonchev–Trinajstić information content (AvgIpc) is 2.64. The Hall–Kier alpha value is -1.85. The lowest BCUT2D eigenvalue weighted by Gasteiger charge is -2.22. The van der Waals surface area contributed by atoms with Gasteiger partial charge in [0.25, 0.3) is 0 Å². The van der Waals surface area contributed by atoms with Crippen LogP contribution in [0.3, 0.4) is 0 Å². The molecule has 1 N–H and O–H groups in total. The fourth-order valence-electron chi connectivity index (χ4n) is 1.86. The molecule has 0 aromatic carbocycles. The fraction of sp³-hybridized carbons (Fsp3) is 0.667. The van der Waals surface area contributed by atoms with Crippen LogP contribution in [0.5, 0.6) is 0 Å². The first kappa shape index (κ1) is 17.2. The highest BCUT2D eigenvalue weighted by Gasteiger charge is 2.23. The first-order valence-electron chi connectivity index (χ1n) is 7.04. The van der Waals surface area contributed by atoms with E-state index >= 15 is 0 Å². The van der Waals surface area contributed by atoms with Gasteiger partial charge < -0.3 is 14.6 Å². The van der Waals surface area contributed by atoms with Crippen LogP contribution in [0.15, 0.2) is 4.52 Å². The lowest BCUT2D eigenvalue weighted by atomic mass is 10.1. The topological polar surface area (TPSA) is 81.4 Å². The second-order valence-corrected chi connectivity index (χ2v) is 6.13. The largest absolute Gasteiger partial charge is 0.458 e. The van der Waals surface area contributed by atoms with Gasteiger partial charge in [0.1, 0.15) is 17.4 Å². The monoisotopic (exact) mass is 296 g/mol. The SMILES string of the molecule is Cc1noc(C)c1CCC(=O)N[C@H](C)C(=O)OC(C)(C)C. The number of ether oxygens (including phenoxy) is 1. The van der Waals surface area contributed by atoms with Crippen LogP contribution in [0.1, 0.15) is 51.1 Å². The highest BCUT2D eigenvalue weighted by Crippen LogP contribution is 2.14. The third-order valence-corrected chi connectivity index (χ3v) is 2.92. The molecule has 21 heavy (non-hydrogen) atoms. The molecule has 1 aromatic heterocycles. The average molecular weight is 296 g/mol. The molecule has 0 saturated heterocycles. The molecule has 6 heteroatoms. The molecule has 0 aliphatic carbocycles. The molecule has 118 valence electrons. The van der Waals surface area contributed by atoms with Crippen molar-refractivity contribution in [1.29, 1.82) is 0 Å². The smallest absolute Gasteiger partial charge is 0.328 e. The predicted molar refractivity (Wildman–Crippen MR) is 77.7 cm³/mol. The maximum atomic E-state index is 11.9. The number of aromatic nitrogens is 1. The highest BCUT2D eigenvalue weighted by atomic mass is 16.6. The van der Waals surface area contributed by atoms with Gasteiger partial charge in [0.15, 0.2) is 0 Å². The first-order valence-corrected chi connectivity index (χ1v) is 7.04. The van der Waals surface area contributed by atoms with Crippen molar-refractivity contribution in [1.82, 2.24) is 10.5 Å². The molecule has 0 radical (unpaired) electrons. The summed E-state index contributed by atoms with van der Waals surface area (Å²) in [6.45, 7) is 10.6. The fourth-order valence-corrected chi connectivity index (χ4v) is 1.86. The predicted octanol–water partition coefficient (Wildman–Crippen LogP) is 2.07. The van der Waals surface area contributed by atoms with Gasteiger partial charge in [-0.3, -0.25) is 4.79 Å². The second-order valence-electron chi connectivity index (χ2n) is 6.13. The van der Waals surface area contributed by atoms with Crippen molar-refractivity contribution in [3.05, 3.63) is 17.0 Å². The van der Waals surface area contributed by atoms with Gasteiger partial charge in [-0.15, -0.1) is 0 Å². The van der Waals surface area contributed by atoms with E-state index < -0.39 is 17.6 Å². The number of aryl methyl sites for hydroxylation is 2. The second kappa shape index (κ2) is 6.74. The molecular formula is C15H24N2O4. The number of carbonyl (C=O) groups excluding carboxylic acids is 2. The number of esters is 1. The molecule has 1 heterocycles. The summed E-state index contributed by atoms with van der Waals surface area (Å²) in [5.41, 5.74) is 1.17. The number of rotatable bonds is 5. The number of hydrogen-bond acceptors (Lipinski definition) is 5. The Morgan fingerprint density at radius 2 is 1.95 bits per heavy atom. The van der Waals surface area contributed by atoms with Gasteiger partial charge >= 0.3 is 5.97 Å². The number of carbonyl (C=O) groups is 2. The third kappa shape index (κ3) is 5.57. The van der Waals surface area contributed by atoms with E-state index in [0.29, 0.717) is 6.42 Å². The van der Waals surface area contributed by atoms with Crippen molar-refractivity contribution in [2.45, 2.75) is 66.0 Å². The highest BCUT2D eigenvalue weighted by molar-refractivity contribution is 5.84. The third-order valence-electron chi connectivity index (χ3n) is 2.92. The van der Waals surface area contributed by atoms with E-state index in [1.807, 2.05) is 13.8 Å². The normalized spacial score (nSPS) is 12.9. The maximum Gasteiger partial charge on any atom is 0.328 e. The summed E-state index contributed by atoms with van der Waals surface area (Å²) in [4.78, 5) is 23.6. The molecule has 1 amide bonds. The summed E-state index contributed by atoms with van der Waals surface area (Å²) in [7, 11) is 0. The Labute approximate surface area is 125 Å². The van der Waals surface area contributed by atoms with E-state index in [-0.39, 0.29) is 12.3 Å².